The Hall–Kier alpha value is -1.33. The molecule has 0 atom stereocenters. The van der Waals surface area contributed by atoms with Gasteiger partial charge in [0.2, 0.25) is 5.91 Å². The molecule has 1 heterocycles. The van der Waals surface area contributed by atoms with Gasteiger partial charge in [-0.25, -0.2) is 0 Å². The molecule has 1 aromatic heterocycles. The topological polar surface area (TPSA) is 62.7 Å². The van der Waals surface area contributed by atoms with Gasteiger partial charge in [0.1, 0.15) is 11.5 Å². The first-order chi connectivity index (χ1) is 9.23. The molecule has 0 bridgehead atoms. The summed E-state index contributed by atoms with van der Waals surface area (Å²) in [6.07, 6.45) is 0. The van der Waals surface area contributed by atoms with Crippen LogP contribution in [0.1, 0.15) is 25.4 Å². The second kappa shape index (κ2) is 6.90. The smallest absolute Gasteiger partial charge is 0.236 e. The van der Waals surface area contributed by atoms with Crippen molar-refractivity contribution in [2.75, 3.05) is 33.7 Å². The van der Waals surface area contributed by atoms with Crippen LogP contribution in [-0.2, 0) is 11.3 Å². The van der Waals surface area contributed by atoms with E-state index in [1.165, 1.54) is 0 Å². The van der Waals surface area contributed by atoms with Gasteiger partial charge in [-0.3, -0.25) is 9.69 Å². The Morgan fingerprint density at radius 1 is 1.35 bits per heavy atom. The molecule has 114 valence electrons. The summed E-state index contributed by atoms with van der Waals surface area (Å²) >= 11 is 0. The lowest BCUT2D eigenvalue weighted by Gasteiger charge is -2.29. The van der Waals surface area contributed by atoms with Crippen LogP contribution in [0, 0.1) is 12.3 Å². The van der Waals surface area contributed by atoms with Gasteiger partial charge in [-0.05, 0) is 38.1 Å². The summed E-state index contributed by atoms with van der Waals surface area (Å²) in [7, 11) is 3.74. The summed E-state index contributed by atoms with van der Waals surface area (Å²) in [5, 5.41) is 0. The van der Waals surface area contributed by atoms with Gasteiger partial charge < -0.3 is 15.1 Å². The number of nitrogens with two attached hydrogens (primary N) is 1. The van der Waals surface area contributed by atoms with Gasteiger partial charge >= 0.3 is 0 Å². The van der Waals surface area contributed by atoms with Crippen molar-refractivity contribution in [1.29, 1.82) is 0 Å². The molecule has 0 saturated carbocycles. The first kappa shape index (κ1) is 16.7. The molecule has 0 aliphatic heterocycles. The second-order valence-electron chi connectivity index (χ2n) is 6.30. The van der Waals surface area contributed by atoms with E-state index in [1.807, 2.05) is 31.0 Å². The predicted octanol–water partition coefficient (Wildman–Crippen LogP) is 1.46. The van der Waals surface area contributed by atoms with Gasteiger partial charge in [-0.2, -0.15) is 0 Å². The summed E-state index contributed by atoms with van der Waals surface area (Å²) in [4.78, 5) is 15.8. The maximum absolute atomic E-state index is 12.2. The Kier molecular flexibility index (Phi) is 5.77. The SMILES string of the molecule is Cc1ccc(CN(C)C(=O)CN(C)CC(C)(C)CN)o1. The minimum atomic E-state index is 0.0196. The number of likely N-dealkylation sites (N-methyl/N-ethyl adjacent to an activating group) is 2. The van der Waals surface area contributed by atoms with Gasteiger partial charge in [0.25, 0.3) is 0 Å². The number of carbonyl (C=O) groups excluding carboxylic acids is 1. The summed E-state index contributed by atoms with van der Waals surface area (Å²) in [6.45, 7) is 8.39. The quantitative estimate of drug-likeness (QED) is 0.822. The van der Waals surface area contributed by atoms with E-state index in [1.54, 1.807) is 11.9 Å². The molecule has 0 aliphatic rings. The van der Waals surface area contributed by atoms with E-state index in [0.717, 1.165) is 18.1 Å². The van der Waals surface area contributed by atoms with Crippen LogP contribution in [0.25, 0.3) is 0 Å². The molecule has 0 unspecified atom stereocenters. The maximum Gasteiger partial charge on any atom is 0.236 e. The zero-order chi connectivity index (χ0) is 15.3. The van der Waals surface area contributed by atoms with Gasteiger partial charge in [0.15, 0.2) is 0 Å². The molecule has 0 fully saturated rings. The Labute approximate surface area is 121 Å². The molecule has 2 N–H and O–H groups in total. The van der Waals surface area contributed by atoms with E-state index in [-0.39, 0.29) is 11.3 Å². The number of nitrogens with zero attached hydrogens (tertiary/aromatic N) is 2. The van der Waals surface area contributed by atoms with Crippen molar-refractivity contribution in [2.24, 2.45) is 11.1 Å². The third kappa shape index (κ3) is 5.35. The lowest BCUT2D eigenvalue weighted by Crippen LogP contribution is -2.42. The number of hydrogen-bond donors (Lipinski definition) is 1. The van der Waals surface area contributed by atoms with Gasteiger partial charge in [-0.15, -0.1) is 0 Å². The Morgan fingerprint density at radius 3 is 2.50 bits per heavy atom. The van der Waals surface area contributed by atoms with E-state index in [0.29, 0.717) is 19.6 Å². The van der Waals surface area contributed by atoms with E-state index in [4.69, 9.17) is 10.2 Å². The van der Waals surface area contributed by atoms with Crippen LogP contribution in [0.3, 0.4) is 0 Å². The summed E-state index contributed by atoms with van der Waals surface area (Å²) in [5.74, 6) is 1.75. The third-order valence-corrected chi connectivity index (χ3v) is 3.27. The Morgan fingerprint density at radius 2 is 2.00 bits per heavy atom. The normalized spacial score (nSPS) is 11.9. The lowest BCUT2D eigenvalue weighted by molar-refractivity contribution is -0.131. The standard InChI is InChI=1S/C15H27N3O2/c1-12-6-7-13(20-12)8-18(5)14(19)9-17(4)11-15(2,3)10-16/h6-7H,8-11,16H2,1-5H3. The maximum atomic E-state index is 12.2. The highest BCUT2D eigenvalue weighted by Gasteiger charge is 2.20. The lowest BCUT2D eigenvalue weighted by atomic mass is 9.93. The molecular formula is C15H27N3O2. The number of aryl methyl sites for hydroxylation is 1. The molecule has 0 radical (unpaired) electrons. The first-order valence-electron chi connectivity index (χ1n) is 6.91. The van der Waals surface area contributed by atoms with E-state index in [2.05, 4.69) is 13.8 Å². The van der Waals surface area contributed by atoms with Gasteiger partial charge in [0, 0.05) is 13.6 Å². The van der Waals surface area contributed by atoms with Crippen LogP contribution in [-0.4, -0.2) is 49.4 Å². The average Bonchev–Trinajstić information content (AvgIpc) is 2.73. The van der Waals surface area contributed by atoms with E-state index in [9.17, 15) is 4.79 Å². The highest BCUT2D eigenvalue weighted by atomic mass is 16.3. The molecule has 1 rings (SSSR count). The molecule has 5 heteroatoms. The van der Waals surface area contributed by atoms with Crippen molar-refractivity contribution < 1.29 is 9.21 Å². The second-order valence-corrected chi connectivity index (χ2v) is 6.30. The summed E-state index contributed by atoms with van der Waals surface area (Å²) < 4.78 is 5.48. The minimum Gasteiger partial charge on any atom is -0.464 e. The number of furan rings is 1. The van der Waals surface area contributed by atoms with Crippen molar-refractivity contribution in [1.82, 2.24) is 9.80 Å². The van der Waals surface area contributed by atoms with E-state index >= 15 is 0 Å². The largest absolute Gasteiger partial charge is 0.464 e. The highest BCUT2D eigenvalue weighted by Crippen LogP contribution is 2.14. The van der Waals surface area contributed by atoms with Crippen LogP contribution < -0.4 is 5.73 Å². The van der Waals surface area contributed by atoms with Crippen LogP contribution in [0.15, 0.2) is 16.5 Å². The molecule has 0 saturated heterocycles. The van der Waals surface area contributed by atoms with Crippen molar-refractivity contribution in [3.8, 4) is 0 Å². The van der Waals surface area contributed by atoms with Crippen LogP contribution in [0.4, 0.5) is 0 Å². The van der Waals surface area contributed by atoms with Crippen LogP contribution in [0.2, 0.25) is 0 Å². The molecule has 5 nitrogen and oxygen atoms in total. The molecule has 1 aromatic rings. The Balaban J connectivity index is 2.45. The van der Waals surface area contributed by atoms with Crippen LogP contribution >= 0.6 is 0 Å². The predicted molar refractivity (Wildman–Crippen MR) is 80.3 cm³/mol. The van der Waals surface area contributed by atoms with Crippen LogP contribution in [0.5, 0.6) is 0 Å². The van der Waals surface area contributed by atoms with Crippen molar-refractivity contribution in [3.05, 3.63) is 23.7 Å². The average molecular weight is 281 g/mol. The molecule has 0 aromatic carbocycles. The zero-order valence-corrected chi connectivity index (χ0v) is 13.3. The van der Waals surface area contributed by atoms with Crippen molar-refractivity contribution in [3.63, 3.8) is 0 Å². The Bertz CT molecular complexity index is 440. The highest BCUT2D eigenvalue weighted by molar-refractivity contribution is 5.77. The monoisotopic (exact) mass is 281 g/mol. The number of rotatable bonds is 7. The molecule has 1 amide bonds. The number of amides is 1. The van der Waals surface area contributed by atoms with Gasteiger partial charge in [-0.1, -0.05) is 13.8 Å². The van der Waals surface area contributed by atoms with E-state index < -0.39 is 0 Å². The zero-order valence-electron chi connectivity index (χ0n) is 13.3. The summed E-state index contributed by atoms with van der Waals surface area (Å²) in [6, 6.07) is 3.81. The van der Waals surface area contributed by atoms with Crippen molar-refractivity contribution >= 4 is 5.91 Å². The molecule has 0 spiro atoms. The molecule has 20 heavy (non-hydrogen) atoms. The molecule has 0 aliphatic carbocycles. The number of hydrogen-bond acceptors (Lipinski definition) is 4. The first-order valence-corrected chi connectivity index (χ1v) is 6.91. The molecular weight excluding hydrogens is 254 g/mol. The van der Waals surface area contributed by atoms with Crippen molar-refractivity contribution in [2.45, 2.75) is 27.3 Å². The minimum absolute atomic E-state index is 0.0196. The fourth-order valence-corrected chi connectivity index (χ4v) is 2.09. The fraction of sp³-hybridized carbons (Fsp3) is 0.667. The third-order valence-electron chi connectivity index (χ3n) is 3.27. The number of carbonyl (C=O) groups is 1. The summed E-state index contributed by atoms with van der Waals surface area (Å²) in [5.41, 5.74) is 5.73. The van der Waals surface area contributed by atoms with Gasteiger partial charge in [0.05, 0.1) is 13.1 Å². The fourth-order valence-electron chi connectivity index (χ4n) is 2.09.